The molecule has 0 nitrogen and oxygen atoms in total. The Morgan fingerprint density at radius 3 is 2.47 bits per heavy atom. The number of hydrogen-bond donors (Lipinski definition) is 0. The molecule has 1 aromatic carbocycles. The topological polar surface area (TPSA) is 0 Å². The van der Waals surface area contributed by atoms with Gasteiger partial charge in [0.2, 0.25) is 0 Å². The summed E-state index contributed by atoms with van der Waals surface area (Å²) in [6, 6.07) is 4.11. The van der Waals surface area contributed by atoms with E-state index in [-0.39, 0.29) is 10.4 Å². The molecule has 0 amide bonds. The van der Waals surface area contributed by atoms with E-state index in [0.29, 0.717) is 6.42 Å². The summed E-state index contributed by atoms with van der Waals surface area (Å²) in [5.41, 5.74) is 0.229. The largest absolute Gasteiger partial charge is 0.207 e. The van der Waals surface area contributed by atoms with Gasteiger partial charge in [0.15, 0.2) is 0 Å². The first-order valence-corrected chi connectivity index (χ1v) is 8.12. The van der Waals surface area contributed by atoms with Gasteiger partial charge in [-0.2, -0.15) is 0 Å². The summed E-state index contributed by atoms with van der Waals surface area (Å²) in [6.07, 6.45) is 6.98. The Morgan fingerprint density at radius 1 is 1.16 bits per heavy atom. The molecule has 104 valence electrons. The third-order valence-corrected chi connectivity index (χ3v) is 5.63. The van der Waals surface area contributed by atoms with E-state index in [1.54, 1.807) is 0 Å². The van der Waals surface area contributed by atoms with Crippen LogP contribution in [0.15, 0.2) is 18.2 Å². The predicted octanol–water partition coefficient (Wildman–Crippen LogP) is 5.10. The monoisotopic (exact) mass is 328 g/mol. The van der Waals surface area contributed by atoms with Crippen molar-refractivity contribution in [3.8, 4) is 0 Å². The molecule has 1 aromatic rings. The summed E-state index contributed by atoms with van der Waals surface area (Å²) in [7, 11) is 0. The van der Waals surface area contributed by atoms with E-state index in [2.05, 4.69) is 15.9 Å². The van der Waals surface area contributed by atoms with Crippen molar-refractivity contribution in [1.82, 2.24) is 0 Å². The molecule has 0 radical (unpaired) electrons. The van der Waals surface area contributed by atoms with Gasteiger partial charge in [-0.3, -0.25) is 0 Å². The molecule has 2 fully saturated rings. The summed E-state index contributed by atoms with van der Waals surface area (Å²) < 4.78 is 27.2. The summed E-state index contributed by atoms with van der Waals surface area (Å²) in [4.78, 5) is 0.184. The highest BCUT2D eigenvalue weighted by Crippen LogP contribution is 2.50. The predicted molar refractivity (Wildman–Crippen MR) is 76.3 cm³/mol. The Balaban J connectivity index is 1.61. The molecule has 2 saturated carbocycles. The maximum atomic E-state index is 13.6. The first-order valence-electron chi connectivity index (χ1n) is 7.20. The summed E-state index contributed by atoms with van der Waals surface area (Å²) in [5, 5.41) is 0. The Kier molecular flexibility index (Phi) is 3.93. The van der Waals surface area contributed by atoms with Gasteiger partial charge in [-0.15, -0.1) is 0 Å². The van der Waals surface area contributed by atoms with Gasteiger partial charge in [0.05, 0.1) is 0 Å². The number of rotatable bonds is 4. The molecule has 3 rings (SSSR count). The van der Waals surface area contributed by atoms with Crippen molar-refractivity contribution in [3.63, 3.8) is 0 Å². The zero-order valence-corrected chi connectivity index (χ0v) is 12.5. The maximum Gasteiger partial charge on any atom is 0.129 e. The minimum atomic E-state index is -0.419. The molecule has 0 aromatic heterocycles. The smallest absolute Gasteiger partial charge is 0.129 e. The van der Waals surface area contributed by atoms with Crippen LogP contribution in [0, 0.1) is 29.4 Å². The molecule has 3 heteroatoms. The van der Waals surface area contributed by atoms with Gasteiger partial charge in [0.25, 0.3) is 0 Å². The lowest BCUT2D eigenvalue weighted by molar-refractivity contribution is 0.312. The van der Waals surface area contributed by atoms with Crippen LogP contribution in [-0.4, -0.2) is 4.83 Å². The van der Waals surface area contributed by atoms with E-state index in [1.165, 1.54) is 43.9 Å². The fourth-order valence-corrected chi connectivity index (χ4v) is 4.83. The third-order valence-electron chi connectivity index (χ3n) is 4.93. The molecule has 2 aliphatic carbocycles. The van der Waals surface area contributed by atoms with E-state index < -0.39 is 11.6 Å². The van der Waals surface area contributed by atoms with Gasteiger partial charge in [-0.25, -0.2) is 8.78 Å². The number of alkyl halides is 1. The number of halogens is 3. The molecule has 0 spiro atoms. The van der Waals surface area contributed by atoms with Crippen LogP contribution in [0.2, 0.25) is 0 Å². The average molecular weight is 329 g/mol. The van der Waals surface area contributed by atoms with Crippen molar-refractivity contribution in [2.24, 2.45) is 17.8 Å². The number of hydrogen-bond acceptors (Lipinski definition) is 0. The Hall–Kier alpha value is -0.440. The second-order valence-corrected chi connectivity index (χ2v) is 7.47. The van der Waals surface area contributed by atoms with Crippen molar-refractivity contribution in [1.29, 1.82) is 0 Å². The van der Waals surface area contributed by atoms with Gasteiger partial charge >= 0.3 is 0 Å². The molecule has 4 unspecified atom stereocenters. The zero-order chi connectivity index (χ0) is 13.4. The second-order valence-electron chi connectivity index (χ2n) is 6.17. The molecule has 2 aliphatic rings. The van der Waals surface area contributed by atoms with E-state index in [4.69, 9.17) is 0 Å². The lowest BCUT2D eigenvalue weighted by Gasteiger charge is -2.24. The van der Waals surface area contributed by atoms with Gasteiger partial charge in [-0.05, 0) is 62.0 Å². The second kappa shape index (κ2) is 5.51. The summed E-state index contributed by atoms with van der Waals surface area (Å²) >= 11 is 3.63. The molecule has 2 bridgehead atoms. The van der Waals surface area contributed by atoms with Crippen molar-refractivity contribution in [2.75, 3.05) is 0 Å². The van der Waals surface area contributed by atoms with Crippen molar-refractivity contribution in [2.45, 2.75) is 43.4 Å². The first-order chi connectivity index (χ1) is 9.13. The molecule has 0 aliphatic heterocycles. The van der Waals surface area contributed by atoms with Gasteiger partial charge in [0.1, 0.15) is 11.6 Å². The fraction of sp³-hybridized carbons (Fsp3) is 0.625. The Morgan fingerprint density at radius 2 is 1.89 bits per heavy atom. The number of benzene rings is 1. The molecule has 19 heavy (non-hydrogen) atoms. The van der Waals surface area contributed by atoms with Gasteiger partial charge in [-0.1, -0.05) is 28.4 Å². The SMILES string of the molecule is Fc1cccc(F)c1CC(Br)CC1CC2CCC1C2. The summed E-state index contributed by atoms with van der Waals surface area (Å²) in [6.45, 7) is 0. The Bertz CT molecular complexity index is 440. The van der Waals surface area contributed by atoms with Crippen molar-refractivity contribution in [3.05, 3.63) is 35.4 Å². The highest BCUT2D eigenvalue weighted by atomic mass is 79.9. The molecular weight excluding hydrogens is 310 g/mol. The average Bonchev–Trinajstić information content (AvgIpc) is 2.96. The van der Waals surface area contributed by atoms with Crippen LogP contribution in [0.5, 0.6) is 0 Å². The highest BCUT2D eigenvalue weighted by molar-refractivity contribution is 9.09. The maximum absolute atomic E-state index is 13.6. The molecule has 0 N–H and O–H groups in total. The van der Waals surface area contributed by atoms with Crippen LogP contribution in [-0.2, 0) is 6.42 Å². The minimum Gasteiger partial charge on any atom is -0.207 e. The molecule has 0 saturated heterocycles. The highest BCUT2D eigenvalue weighted by Gasteiger charge is 2.39. The summed E-state index contributed by atoms with van der Waals surface area (Å²) in [5.74, 6) is 1.73. The van der Waals surface area contributed by atoms with Crippen LogP contribution in [0.4, 0.5) is 8.78 Å². The van der Waals surface area contributed by atoms with Crippen LogP contribution in [0.3, 0.4) is 0 Å². The van der Waals surface area contributed by atoms with E-state index in [9.17, 15) is 8.78 Å². The van der Waals surface area contributed by atoms with Crippen LogP contribution >= 0.6 is 15.9 Å². The fourth-order valence-electron chi connectivity index (χ4n) is 4.03. The lowest BCUT2D eigenvalue weighted by atomic mass is 9.85. The normalized spacial score (nSPS) is 30.8. The van der Waals surface area contributed by atoms with Crippen LogP contribution < -0.4 is 0 Å². The quantitative estimate of drug-likeness (QED) is 0.675. The van der Waals surface area contributed by atoms with Gasteiger partial charge in [0, 0.05) is 10.4 Å². The third kappa shape index (κ3) is 2.86. The van der Waals surface area contributed by atoms with Crippen LogP contribution in [0.1, 0.15) is 37.7 Å². The standard InChI is InChI=1S/C16H19BrF2/c17-13(8-12-7-10-4-5-11(12)6-10)9-14-15(18)2-1-3-16(14)19/h1-3,10-13H,4-9H2. The van der Waals surface area contributed by atoms with E-state index >= 15 is 0 Å². The van der Waals surface area contributed by atoms with Crippen molar-refractivity contribution >= 4 is 15.9 Å². The van der Waals surface area contributed by atoms with Gasteiger partial charge < -0.3 is 0 Å². The lowest BCUT2D eigenvalue weighted by Crippen LogP contribution is -2.17. The molecule has 4 atom stereocenters. The molecule has 0 heterocycles. The van der Waals surface area contributed by atoms with Crippen LogP contribution in [0.25, 0.3) is 0 Å². The number of fused-ring (bicyclic) bond motifs is 2. The van der Waals surface area contributed by atoms with E-state index in [1.807, 2.05) is 0 Å². The molecular formula is C16H19BrF2. The minimum absolute atomic E-state index is 0.184. The van der Waals surface area contributed by atoms with E-state index in [0.717, 1.165) is 24.2 Å². The Labute approximate surface area is 121 Å². The first kappa shape index (κ1) is 13.5. The zero-order valence-electron chi connectivity index (χ0n) is 10.9. The van der Waals surface area contributed by atoms with Crippen molar-refractivity contribution < 1.29 is 8.78 Å².